The Balaban J connectivity index is 0.000000130. The molecule has 8 aromatic rings. The molecule has 100 heavy (non-hydrogen) atoms. The monoisotopic (exact) mass is 1340 g/mol. The summed E-state index contributed by atoms with van der Waals surface area (Å²) in [6, 6.07) is 54.8. The largest absolute Gasteiger partial charge is 0.387 e. The van der Waals surface area contributed by atoms with Gasteiger partial charge in [-0.25, -0.2) is 20.0 Å². The van der Waals surface area contributed by atoms with Crippen molar-refractivity contribution in [2.24, 2.45) is 80.1 Å². The number of nitrogens with two attached hydrogens (primary N) is 7. The van der Waals surface area contributed by atoms with Gasteiger partial charge < -0.3 is 82.7 Å². The lowest BCUT2D eigenvalue weighted by Gasteiger charge is -2.22. The summed E-state index contributed by atoms with van der Waals surface area (Å²) in [6.07, 6.45) is 10.7. The number of aryl methyl sites for hydroxylation is 6. The lowest BCUT2D eigenvalue weighted by atomic mass is 9.85. The van der Waals surface area contributed by atoms with Gasteiger partial charge in [-0.3, -0.25) is 20.0 Å². The normalized spacial score (nSPS) is 14.7. The Labute approximate surface area is 585 Å². The number of nitrogens with zero attached hydrogens (tertiary/aromatic N) is 8. The number of amidine groups is 1. The molecule has 22 N–H and O–H groups in total. The smallest absolute Gasteiger partial charge is 0.195 e. The van der Waals surface area contributed by atoms with Crippen LogP contribution in [-0.4, -0.2) is 99.9 Å². The van der Waals surface area contributed by atoms with Gasteiger partial charge in [0.05, 0.1) is 54.8 Å². The fourth-order valence-electron chi connectivity index (χ4n) is 12.4. The van der Waals surface area contributed by atoms with E-state index in [4.69, 9.17) is 40.1 Å². The van der Waals surface area contributed by atoms with Crippen LogP contribution >= 0.6 is 0 Å². The van der Waals surface area contributed by atoms with E-state index in [1.165, 1.54) is 97.2 Å². The van der Waals surface area contributed by atoms with E-state index in [1.807, 2.05) is 49.4 Å². The highest BCUT2D eigenvalue weighted by Gasteiger charge is 2.20. The van der Waals surface area contributed by atoms with Gasteiger partial charge in [-0.05, 0) is 260 Å². The van der Waals surface area contributed by atoms with Crippen LogP contribution in [0.3, 0.4) is 0 Å². The first-order chi connectivity index (χ1) is 48.5. The van der Waals surface area contributed by atoms with Gasteiger partial charge in [-0.1, -0.05) is 60.7 Å². The maximum Gasteiger partial charge on any atom is 0.195 e. The molecule has 4 heterocycles. The Kier molecular flexibility index (Phi) is 23.5. The first-order valence-corrected chi connectivity index (χ1v) is 34.2. The quantitative estimate of drug-likeness (QED) is 0.0424. The van der Waals surface area contributed by atoms with Crippen LogP contribution in [0.2, 0.25) is 0 Å². The van der Waals surface area contributed by atoms with Crippen LogP contribution in [0.25, 0.3) is 0 Å². The summed E-state index contributed by atoms with van der Waals surface area (Å²) in [6.45, 7) is 12.9. The number of aliphatic imine (C=N–C) groups is 8. The number of hydrogen-bond donors (Lipinski definition) is 15. The lowest BCUT2D eigenvalue weighted by Crippen LogP contribution is -2.26. The Morgan fingerprint density at radius 1 is 0.340 bits per heavy atom. The summed E-state index contributed by atoms with van der Waals surface area (Å²) < 4.78 is 0. The van der Waals surface area contributed by atoms with Gasteiger partial charge in [-0.15, -0.1) is 0 Å². The van der Waals surface area contributed by atoms with Crippen molar-refractivity contribution in [3.8, 4) is 0 Å². The van der Waals surface area contributed by atoms with Crippen molar-refractivity contribution in [2.45, 2.75) is 85.0 Å². The second kappa shape index (κ2) is 33.9. The summed E-state index contributed by atoms with van der Waals surface area (Å²) >= 11 is 0. The molecule has 0 amide bonds. The molecule has 0 bridgehead atoms. The average Bonchev–Trinajstić information content (AvgIpc) is 0.953. The average molecular weight is 1340 g/mol. The fourth-order valence-corrected chi connectivity index (χ4v) is 12.4. The van der Waals surface area contributed by atoms with Crippen LogP contribution < -0.4 is 82.7 Å². The lowest BCUT2D eigenvalue weighted by molar-refractivity contribution is 0.686. The van der Waals surface area contributed by atoms with Crippen LogP contribution in [0.1, 0.15) is 97.7 Å². The van der Waals surface area contributed by atoms with Gasteiger partial charge >= 0.3 is 0 Å². The minimum Gasteiger partial charge on any atom is -0.387 e. The molecule has 23 heteroatoms. The Hall–Kier alpha value is -11.9. The van der Waals surface area contributed by atoms with Crippen molar-refractivity contribution in [3.05, 3.63) is 236 Å². The highest BCUT2D eigenvalue weighted by molar-refractivity contribution is 5.97. The van der Waals surface area contributed by atoms with E-state index in [-0.39, 0.29) is 17.9 Å². The minimum atomic E-state index is 0.0795. The number of nitrogens with one attached hydrogen (secondary N) is 8. The molecule has 0 saturated heterocycles. The van der Waals surface area contributed by atoms with E-state index in [2.05, 4.69) is 205 Å². The summed E-state index contributed by atoms with van der Waals surface area (Å²) in [5.74, 6) is 4.35. The molecule has 8 aromatic carbocycles. The molecule has 516 valence electrons. The second-order valence-electron chi connectivity index (χ2n) is 25.4. The third kappa shape index (κ3) is 20.6. The number of fused-ring (bicyclic) bond motifs is 5. The standard InChI is InChI=1S/C20H22N6.C20H24N6.C17H19N5.C11H15N3.C9H13N3/c1-3-17(25-19-21-5-6-22-19)11-15-10-14-2-4-18(12-16(14)9-13(1)15)26-20-23-7-8-24-20;1(15-3-7-17(8-4-15)25-19-21-11-12-22-19)2-16-5-9-18(10-6-16)26-20-23-13-14-24-20;1-10(18)21-15-4-2-11-7-14-9-16(22-17(19)20)5-3-12(14)6-13(11)8-15;12-11(13)14-10-6-5-8-3-1-2-4-9(8)7-10;1-6-3-4-8(5-7(6)2)12-9(10)11/h1-4,11-12H,5-10H2,(H2,21,22,25)(H2,23,24,26);3-10H,1-2,11-14H2,(H2,21,22,25)(H2,23,24,26);2-5,8-9H,6-7H2,1H3,(H2,18,21)(H4,19,20,22);5-7H,1-4H2,(H4,12,13,14);3-5H,1-2H3,(H4,10,11,12). The van der Waals surface area contributed by atoms with E-state index >= 15 is 0 Å². The van der Waals surface area contributed by atoms with E-state index in [1.54, 1.807) is 6.92 Å². The van der Waals surface area contributed by atoms with Gasteiger partial charge in [0.1, 0.15) is 0 Å². The van der Waals surface area contributed by atoms with E-state index in [0.29, 0.717) is 5.84 Å². The Bertz CT molecular complexity index is 4220. The minimum absolute atomic E-state index is 0.0795. The molecule has 0 radical (unpaired) electrons. The second-order valence-corrected chi connectivity index (χ2v) is 25.4. The summed E-state index contributed by atoms with van der Waals surface area (Å²) in [5, 5.41) is 26.3. The van der Waals surface area contributed by atoms with Gasteiger partial charge in [0.15, 0.2) is 41.7 Å². The van der Waals surface area contributed by atoms with Gasteiger partial charge in [0.25, 0.3) is 0 Å². The van der Waals surface area contributed by atoms with Crippen LogP contribution in [0.4, 0.5) is 45.5 Å². The number of guanidine groups is 7. The van der Waals surface area contributed by atoms with Gasteiger partial charge in [0, 0.05) is 48.9 Å². The zero-order valence-corrected chi connectivity index (χ0v) is 57.4. The highest BCUT2D eigenvalue weighted by atomic mass is 15.2. The molecule has 0 atom stereocenters. The van der Waals surface area contributed by atoms with Crippen molar-refractivity contribution in [1.29, 1.82) is 0 Å². The predicted molar refractivity (Wildman–Crippen MR) is 415 cm³/mol. The fraction of sp³-hybridized carbons (Fsp3) is 0.273. The summed E-state index contributed by atoms with van der Waals surface area (Å²) in [5.41, 5.74) is 64.1. The van der Waals surface area contributed by atoms with Crippen molar-refractivity contribution in [3.63, 3.8) is 0 Å². The molecule has 0 fully saturated rings. The van der Waals surface area contributed by atoms with Crippen molar-refractivity contribution >= 4 is 93.1 Å². The molecule has 3 aliphatic carbocycles. The van der Waals surface area contributed by atoms with E-state index in [0.717, 1.165) is 167 Å². The van der Waals surface area contributed by atoms with Gasteiger partial charge in [0.2, 0.25) is 0 Å². The van der Waals surface area contributed by atoms with Gasteiger partial charge in [-0.2, -0.15) is 0 Å². The number of benzene rings is 8. The molecule has 0 aromatic heterocycles. The molecule has 0 unspecified atom stereocenters. The van der Waals surface area contributed by atoms with Crippen LogP contribution in [-0.2, 0) is 51.4 Å². The Morgan fingerprint density at radius 2 is 0.660 bits per heavy atom. The predicted octanol–water partition coefficient (Wildman–Crippen LogP) is 8.91. The van der Waals surface area contributed by atoms with E-state index in [9.17, 15) is 0 Å². The summed E-state index contributed by atoms with van der Waals surface area (Å²) in [4.78, 5) is 33.9. The third-order valence-electron chi connectivity index (χ3n) is 17.6. The summed E-state index contributed by atoms with van der Waals surface area (Å²) in [7, 11) is 0. The van der Waals surface area contributed by atoms with Crippen LogP contribution in [0.15, 0.2) is 198 Å². The molecule has 0 spiro atoms. The molecule has 15 rings (SSSR count). The maximum atomic E-state index is 5.65. The molecule has 7 aliphatic rings. The first-order valence-electron chi connectivity index (χ1n) is 34.2. The Morgan fingerprint density at radius 3 is 1.03 bits per heavy atom. The third-order valence-corrected chi connectivity index (χ3v) is 17.6. The first kappa shape index (κ1) is 69.5. The maximum absolute atomic E-state index is 5.65. The van der Waals surface area contributed by atoms with Crippen LogP contribution in [0, 0.1) is 13.8 Å². The SMILES string of the molecule is CC(N)=Nc1ccc2c(c1)Cc1ccc(N=C(N)N)cc1C2.Cc1ccc(N=C(N)N)cc1C.NC(N)=Nc1ccc2c(c1)CCCC2.c1cc(NC2=NCCN2)ccc1CCc1ccc(NC2=NCCN2)cc1.c1cc2c(cc1NC1=NCCN1)Cc1ccc(NC3=NCCN3)cc1C2. The number of rotatable bonds is 11. The number of hydrogen-bond acceptors (Lipinski definition) is 16. The molecule has 4 aliphatic heterocycles. The van der Waals surface area contributed by atoms with Crippen molar-refractivity contribution < 1.29 is 0 Å². The topological polar surface area (TPSA) is 377 Å². The zero-order valence-electron chi connectivity index (χ0n) is 57.4. The van der Waals surface area contributed by atoms with Crippen LogP contribution in [0.5, 0.6) is 0 Å². The number of anilines is 4. The highest BCUT2D eigenvalue weighted by Crippen LogP contribution is 2.34. The zero-order chi connectivity index (χ0) is 69.7. The molecular formula is C77H93N23. The molecule has 23 nitrogen and oxygen atoms in total. The van der Waals surface area contributed by atoms with Crippen molar-refractivity contribution in [2.75, 3.05) is 73.6 Å². The molecular weight excluding hydrogens is 1250 g/mol. The van der Waals surface area contributed by atoms with E-state index < -0.39 is 0 Å². The molecule has 0 saturated carbocycles. The van der Waals surface area contributed by atoms with Crippen molar-refractivity contribution in [1.82, 2.24) is 21.3 Å².